The molecule has 0 aliphatic heterocycles. The Labute approximate surface area is 154 Å². The molecule has 0 fully saturated rings. The number of ether oxygens (including phenoxy) is 1. The molecule has 0 aliphatic rings. The Balaban J connectivity index is 1.79. The summed E-state index contributed by atoms with van der Waals surface area (Å²) in [5, 5.41) is 4.11. The van der Waals surface area contributed by atoms with E-state index in [9.17, 15) is 4.79 Å². The van der Waals surface area contributed by atoms with Crippen molar-refractivity contribution in [2.75, 3.05) is 25.6 Å². The van der Waals surface area contributed by atoms with E-state index in [1.54, 1.807) is 12.0 Å². The van der Waals surface area contributed by atoms with Crippen molar-refractivity contribution in [1.29, 1.82) is 0 Å². The first-order valence-electron chi connectivity index (χ1n) is 8.89. The molecule has 0 radical (unpaired) electrons. The Morgan fingerprint density at radius 1 is 1.12 bits per heavy atom. The van der Waals surface area contributed by atoms with Gasteiger partial charge in [0.05, 0.1) is 17.8 Å². The quantitative estimate of drug-likeness (QED) is 0.688. The third-order valence-corrected chi connectivity index (χ3v) is 4.45. The van der Waals surface area contributed by atoms with Gasteiger partial charge in [0.15, 0.2) is 0 Å². The summed E-state index contributed by atoms with van der Waals surface area (Å²) in [6.45, 7) is 4.59. The van der Waals surface area contributed by atoms with Crippen LogP contribution in [0, 0.1) is 0 Å². The Kier molecular flexibility index (Phi) is 5.92. The predicted molar refractivity (Wildman–Crippen MR) is 105 cm³/mol. The van der Waals surface area contributed by atoms with Crippen LogP contribution in [0.3, 0.4) is 0 Å². The second kappa shape index (κ2) is 8.54. The summed E-state index contributed by atoms with van der Waals surface area (Å²) in [4.78, 5) is 14.6. The normalized spacial score (nSPS) is 10.8. The van der Waals surface area contributed by atoms with Crippen LogP contribution in [0.15, 0.2) is 60.8 Å². The number of anilines is 1. The Morgan fingerprint density at radius 2 is 1.85 bits per heavy atom. The summed E-state index contributed by atoms with van der Waals surface area (Å²) in [6.07, 6.45) is 1.98. The summed E-state index contributed by atoms with van der Waals surface area (Å²) >= 11 is 0. The molecule has 0 unspecified atom stereocenters. The Bertz CT molecular complexity index is 858. The largest absolute Gasteiger partial charge is 0.383 e. The molecule has 2 aromatic carbocycles. The van der Waals surface area contributed by atoms with E-state index in [1.807, 2.05) is 61.7 Å². The molecule has 1 aromatic heterocycles. The highest BCUT2D eigenvalue weighted by Crippen LogP contribution is 2.26. The number of benzene rings is 2. The average Bonchev–Trinajstić information content (AvgIpc) is 3.03. The SMILES string of the molecule is CCN(Cc1ccccc1)C(=O)Nc1cn(CCOC)c2ccccc12. The molecule has 5 nitrogen and oxygen atoms in total. The van der Waals surface area contributed by atoms with Crippen LogP contribution >= 0.6 is 0 Å². The molecule has 3 rings (SSSR count). The van der Waals surface area contributed by atoms with Crippen molar-refractivity contribution in [2.24, 2.45) is 0 Å². The average molecular weight is 351 g/mol. The fraction of sp³-hybridized carbons (Fsp3) is 0.286. The van der Waals surface area contributed by atoms with Crippen LogP contribution in [-0.4, -0.2) is 35.8 Å². The van der Waals surface area contributed by atoms with E-state index in [-0.39, 0.29) is 6.03 Å². The second-order valence-corrected chi connectivity index (χ2v) is 6.18. The number of fused-ring (bicyclic) bond motifs is 1. The van der Waals surface area contributed by atoms with Crippen LogP contribution in [0.1, 0.15) is 12.5 Å². The number of nitrogens with zero attached hydrogens (tertiary/aromatic N) is 2. The Hall–Kier alpha value is -2.79. The van der Waals surface area contributed by atoms with E-state index < -0.39 is 0 Å². The number of carbonyl (C=O) groups excluding carboxylic acids is 1. The molecule has 0 spiro atoms. The summed E-state index contributed by atoms with van der Waals surface area (Å²) in [6, 6.07) is 18.0. The lowest BCUT2D eigenvalue weighted by Crippen LogP contribution is -2.34. The molecule has 26 heavy (non-hydrogen) atoms. The second-order valence-electron chi connectivity index (χ2n) is 6.18. The molecule has 136 valence electrons. The molecule has 0 saturated heterocycles. The van der Waals surface area contributed by atoms with Crippen molar-refractivity contribution in [3.63, 3.8) is 0 Å². The lowest BCUT2D eigenvalue weighted by Gasteiger charge is -2.21. The van der Waals surface area contributed by atoms with Gasteiger partial charge in [-0.2, -0.15) is 0 Å². The third kappa shape index (κ3) is 4.06. The van der Waals surface area contributed by atoms with E-state index >= 15 is 0 Å². The number of hydrogen-bond donors (Lipinski definition) is 1. The maximum atomic E-state index is 12.8. The van der Waals surface area contributed by atoms with Gasteiger partial charge in [0, 0.05) is 38.3 Å². The molecular formula is C21H25N3O2. The number of amides is 2. The summed E-state index contributed by atoms with van der Waals surface area (Å²) in [5.41, 5.74) is 3.03. The lowest BCUT2D eigenvalue weighted by atomic mass is 10.2. The first-order valence-corrected chi connectivity index (χ1v) is 8.89. The van der Waals surface area contributed by atoms with Crippen molar-refractivity contribution in [2.45, 2.75) is 20.0 Å². The van der Waals surface area contributed by atoms with Gasteiger partial charge in [-0.05, 0) is 18.6 Å². The van der Waals surface area contributed by atoms with Gasteiger partial charge in [0.1, 0.15) is 0 Å². The van der Waals surface area contributed by atoms with Gasteiger partial charge in [-0.1, -0.05) is 48.5 Å². The highest BCUT2D eigenvalue weighted by molar-refractivity contribution is 6.01. The van der Waals surface area contributed by atoms with Gasteiger partial charge in [-0.15, -0.1) is 0 Å². The first-order chi connectivity index (χ1) is 12.7. The van der Waals surface area contributed by atoms with E-state index in [2.05, 4.69) is 16.0 Å². The topological polar surface area (TPSA) is 46.5 Å². The van der Waals surface area contributed by atoms with Crippen LogP contribution in [0.5, 0.6) is 0 Å². The fourth-order valence-electron chi connectivity index (χ4n) is 3.05. The number of urea groups is 1. The van der Waals surface area contributed by atoms with Gasteiger partial charge in [-0.25, -0.2) is 4.79 Å². The molecule has 5 heteroatoms. The summed E-state index contributed by atoms with van der Waals surface area (Å²) in [5.74, 6) is 0. The van der Waals surface area contributed by atoms with Gasteiger partial charge >= 0.3 is 6.03 Å². The molecule has 0 aliphatic carbocycles. The number of rotatable bonds is 7. The first kappa shape index (κ1) is 18.0. The van der Waals surface area contributed by atoms with Crippen LogP contribution in [0.4, 0.5) is 10.5 Å². The maximum Gasteiger partial charge on any atom is 0.322 e. The molecule has 0 saturated carbocycles. The van der Waals surface area contributed by atoms with Gasteiger partial charge in [-0.3, -0.25) is 0 Å². The van der Waals surface area contributed by atoms with Gasteiger partial charge < -0.3 is 19.5 Å². The lowest BCUT2D eigenvalue weighted by molar-refractivity contribution is 0.188. The number of carbonyl (C=O) groups is 1. The number of methoxy groups -OCH3 is 1. The zero-order chi connectivity index (χ0) is 18.4. The van der Waals surface area contributed by atoms with Crippen molar-refractivity contribution in [1.82, 2.24) is 9.47 Å². The van der Waals surface area contributed by atoms with Gasteiger partial charge in [0.25, 0.3) is 0 Å². The minimum Gasteiger partial charge on any atom is -0.383 e. The smallest absolute Gasteiger partial charge is 0.322 e. The predicted octanol–water partition coefficient (Wildman–Crippen LogP) is 4.34. The van der Waals surface area contributed by atoms with Crippen LogP contribution < -0.4 is 5.32 Å². The summed E-state index contributed by atoms with van der Waals surface area (Å²) in [7, 11) is 1.69. The van der Waals surface area contributed by atoms with Crippen LogP contribution in [0.2, 0.25) is 0 Å². The number of aromatic nitrogens is 1. The van der Waals surface area contributed by atoms with Crippen molar-refractivity contribution < 1.29 is 9.53 Å². The molecule has 1 heterocycles. The monoisotopic (exact) mass is 351 g/mol. The van der Waals surface area contributed by atoms with Crippen LogP contribution in [0.25, 0.3) is 10.9 Å². The zero-order valence-electron chi connectivity index (χ0n) is 15.3. The molecule has 0 bridgehead atoms. The van der Waals surface area contributed by atoms with Crippen molar-refractivity contribution in [3.05, 3.63) is 66.4 Å². The highest BCUT2D eigenvalue weighted by Gasteiger charge is 2.15. The number of para-hydroxylation sites is 1. The zero-order valence-corrected chi connectivity index (χ0v) is 15.3. The number of hydrogen-bond acceptors (Lipinski definition) is 2. The van der Waals surface area contributed by atoms with Crippen molar-refractivity contribution in [3.8, 4) is 0 Å². The molecular weight excluding hydrogens is 326 g/mol. The number of nitrogens with one attached hydrogen (secondary N) is 1. The minimum absolute atomic E-state index is 0.0917. The highest BCUT2D eigenvalue weighted by atomic mass is 16.5. The van der Waals surface area contributed by atoms with Gasteiger partial charge in [0.2, 0.25) is 0 Å². The molecule has 3 aromatic rings. The van der Waals surface area contributed by atoms with E-state index in [0.29, 0.717) is 19.7 Å². The molecule has 1 N–H and O–H groups in total. The Morgan fingerprint density at radius 3 is 2.58 bits per heavy atom. The van der Waals surface area contributed by atoms with E-state index in [4.69, 9.17) is 4.74 Å². The van der Waals surface area contributed by atoms with E-state index in [0.717, 1.165) is 28.7 Å². The minimum atomic E-state index is -0.0917. The standard InChI is InChI=1S/C21H25N3O2/c1-3-23(15-17-9-5-4-6-10-17)21(25)22-19-16-24(13-14-26-2)20-12-8-7-11-18(19)20/h4-12,16H,3,13-15H2,1-2H3,(H,22,25). The maximum absolute atomic E-state index is 12.8. The third-order valence-electron chi connectivity index (χ3n) is 4.45. The van der Waals surface area contributed by atoms with Crippen molar-refractivity contribution >= 4 is 22.6 Å². The van der Waals surface area contributed by atoms with E-state index in [1.165, 1.54) is 0 Å². The molecule has 0 atom stereocenters. The summed E-state index contributed by atoms with van der Waals surface area (Å²) < 4.78 is 7.30. The van der Waals surface area contributed by atoms with Crippen LogP contribution in [-0.2, 0) is 17.8 Å². The molecule has 2 amide bonds. The fourth-order valence-corrected chi connectivity index (χ4v) is 3.05.